The summed E-state index contributed by atoms with van der Waals surface area (Å²) in [6, 6.07) is 0.417. The van der Waals surface area contributed by atoms with E-state index in [1.807, 2.05) is 0 Å². The second kappa shape index (κ2) is 4.59. The van der Waals surface area contributed by atoms with Crippen molar-refractivity contribution in [3.8, 4) is 0 Å². The van der Waals surface area contributed by atoms with E-state index < -0.39 is 0 Å². The molecule has 1 aliphatic heterocycles. The second-order valence-electron chi connectivity index (χ2n) is 7.65. The van der Waals surface area contributed by atoms with Crippen LogP contribution in [-0.4, -0.2) is 33.4 Å². The predicted molar refractivity (Wildman–Crippen MR) is 81.1 cm³/mol. The van der Waals surface area contributed by atoms with Crippen LogP contribution in [-0.2, 0) is 0 Å². The molecule has 2 heterocycles. The third-order valence-electron chi connectivity index (χ3n) is 5.73. The van der Waals surface area contributed by atoms with Crippen LogP contribution in [0.5, 0.6) is 0 Å². The maximum absolute atomic E-state index is 12.8. The number of hydrogen-bond acceptors (Lipinski definition) is 2. The Morgan fingerprint density at radius 1 is 1.38 bits per heavy atom. The molecule has 4 rings (SSSR count). The molecule has 4 heteroatoms. The van der Waals surface area contributed by atoms with Gasteiger partial charge in [0.1, 0.15) is 11.5 Å². The smallest absolute Gasteiger partial charge is 0.272 e. The summed E-state index contributed by atoms with van der Waals surface area (Å²) >= 11 is 0. The van der Waals surface area contributed by atoms with Gasteiger partial charge in [0.25, 0.3) is 5.91 Å². The lowest BCUT2D eigenvalue weighted by atomic mass is 9.66. The number of aromatic nitrogens is 2. The molecule has 1 unspecified atom stereocenters. The Bertz CT molecular complexity index is 552. The van der Waals surface area contributed by atoms with Gasteiger partial charge in [-0.3, -0.25) is 4.79 Å². The summed E-state index contributed by atoms with van der Waals surface area (Å²) < 4.78 is 0. The molecule has 1 amide bonds. The zero-order valence-electron chi connectivity index (χ0n) is 13.1. The lowest BCUT2D eigenvalue weighted by Crippen LogP contribution is -2.67. The van der Waals surface area contributed by atoms with Gasteiger partial charge in [0, 0.05) is 23.9 Å². The fraction of sp³-hybridized carbons (Fsp3) is 0.765. The molecule has 3 fully saturated rings. The van der Waals surface area contributed by atoms with Crippen molar-refractivity contribution < 1.29 is 4.79 Å². The van der Waals surface area contributed by atoms with Crippen LogP contribution < -0.4 is 0 Å². The highest BCUT2D eigenvalue weighted by atomic mass is 16.2. The zero-order chi connectivity index (χ0) is 14.6. The molecule has 3 aliphatic rings. The zero-order valence-corrected chi connectivity index (χ0v) is 13.1. The van der Waals surface area contributed by atoms with Gasteiger partial charge in [-0.1, -0.05) is 26.7 Å². The molecule has 0 aromatic carbocycles. The first-order valence-corrected chi connectivity index (χ1v) is 8.47. The maximum Gasteiger partial charge on any atom is 0.272 e. The maximum atomic E-state index is 12.8. The number of nitrogens with zero attached hydrogens (tertiary/aromatic N) is 2. The Morgan fingerprint density at radius 2 is 2.10 bits per heavy atom. The highest BCUT2D eigenvalue weighted by Gasteiger charge is 2.56. The summed E-state index contributed by atoms with van der Waals surface area (Å²) in [5.41, 5.74) is 1.11. The van der Waals surface area contributed by atoms with Crippen molar-refractivity contribution in [3.63, 3.8) is 0 Å². The van der Waals surface area contributed by atoms with Gasteiger partial charge >= 0.3 is 0 Å². The van der Waals surface area contributed by atoms with E-state index in [4.69, 9.17) is 0 Å². The Morgan fingerprint density at radius 3 is 2.71 bits per heavy atom. The average molecular weight is 287 g/mol. The Kier molecular flexibility index (Phi) is 2.92. The van der Waals surface area contributed by atoms with Crippen molar-refractivity contribution in [1.82, 2.24) is 14.9 Å². The first kappa shape index (κ1) is 13.4. The van der Waals surface area contributed by atoms with Gasteiger partial charge in [0.05, 0.1) is 6.20 Å². The van der Waals surface area contributed by atoms with E-state index in [2.05, 4.69) is 28.7 Å². The quantitative estimate of drug-likeness (QED) is 0.927. The van der Waals surface area contributed by atoms with Gasteiger partial charge in [0.15, 0.2) is 0 Å². The van der Waals surface area contributed by atoms with E-state index in [9.17, 15) is 4.79 Å². The molecule has 0 radical (unpaired) electrons. The van der Waals surface area contributed by atoms with Crippen LogP contribution in [0.15, 0.2) is 6.20 Å². The van der Waals surface area contributed by atoms with Crippen molar-refractivity contribution in [2.45, 2.75) is 64.3 Å². The number of hydrogen-bond donors (Lipinski definition) is 1. The number of carbonyl (C=O) groups is 1. The van der Waals surface area contributed by atoms with Gasteiger partial charge in [-0.25, -0.2) is 4.98 Å². The fourth-order valence-electron chi connectivity index (χ4n) is 4.71. The molecule has 2 aliphatic carbocycles. The number of likely N-dealkylation sites (tertiary alicyclic amines) is 1. The number of rotatable bonds is 3. The van der Waals surface area contributed by atoms with Gasteiger partial charge < -0.3 is 9.88 Å². The van der Waals surface area contributed by atoms with E-state index in [1.165, 1.54) is 38.5 Å². The topological polar surface area (TPSA) is 49.0 Å². The molecule has 1 aromatic heterocycles. The minimum Gasteiger partial charge on any atom is -0.338 e. The lowest BCUT2D eigenvalue weighted by molar-refractivity contribution is -0.0704. The lowest BCUT2D eigenvalue weighted by Gasteiger charge is -2.58. The van der Waals surface area contributed by atoms with Crippen molar-refractivity contribution in [2.75, 3.05) is 6.54 Å². The summed E-state index contributed by atoms with van der Waals surface area (Å²) in [5.74, 6) is 2.28. The van der Waals surface area contributed by atoms with E-state index in [1.54, 1.807) is 6.20 Å². The SMILES string of the molecule is CC(C)C1N(C(=O)c2cnc(C3CC3)[nH]2)CC12CCCC2. The summed E-state index contributed by atoms with van der Waals surface area (Å²) in [7, 11) is 0. The van der Waals surface area contributed by atoms with Crippen LogP contribution in [0.2, 0.25) is 0 Å². The van der Waals surface area contributed by atoms with E-state index in [0.29, 0.717) is 29.0 Å². The number of imidazole rings is 1. The van der Waals surface area contributed by atoms with Gasteiger partial charge in [0.2, 0.25) is 0 Å². The summed E-state index contributed by atoms with van der Waals surface area (Å²) in [4.78, 5) is 22.5. The second-order valence-corrected chi connectivity index (χ2v) is 7.65. The minimum absolute atomic E-state index is 0.158. The normalized spacial score (nSPS) is 27.4. The predicted octanol–water partition coefficient (Wildman–Crippen LogP) is 3.33. The van der Waals surface area contributed by atoms with E-state index in [-0.39, 0.29) is 5.91 Å². The van der Waals surface area contributed by atoms with Crippen LogP contribution in [0.1, 0.15) is 74.6 Å². The fourth-order valence-corrected chi connectivity index (χ4v) is 4.71. The highest BCUT2D eigenvalue weighted by molar-refractivity contribution is 5.93. The summed E-state index contributed by atoms with van der Waals surface area (Å²) in [5, 5.41) is 0. The minimum atomic E-state index is 0.158. The monoisotopic (exact) mass is 287 g/mol. The van der Waals surface area contributed by atoms with Gasteiger partial charge in [-0.05, 0) is 31.6 Å². The Labute approximate surface area is 126 Å². The summed E-state index contributed by atoms with van der Waals surface area (Å²) in [6.07, 6.45) is 9.44. The standard InChI is InChI=1S/C17H25N3O/c1-11(2)14-17(7-3-4-8-17)10-20(14)16(21)13-9-18-15(19-13)12-5-6-12/h9,11-12,14H,3-8,10H2,1-2H3,(H,18,19). The van der Waals surface area contributed by atoms with E-state index in [0.717, 1.165) is 12.4 Å². The number of carbonyl (C=O) groups excluding carboxylic acids is 1. The molecular formula is C17H25N3O. The first-order valence-electron chi connectivity index (χ1n) is 8.47. The van der Waals surface area contributed by atoms with Crippen molar-refractivity contribution in [3.05, 3.63) is 17.7 Å². The molecule has 1 saturated heterocycles. The molecule has 4 nitrogen and oxygen atoms in total. The van der Waals surface area contributed by atoms with Crippen molar-refractivity contribution >= 4 is 5.91 Å². The molecule has 1 atom stereocenters. The molecule has 1 aromatic rings. The average Bonchev–Trinajstić information content (AvgIpc) is 2.97. The molecule has 1 spiro atoms. The van der Waals surface area contributed by atoms with Crippen LogP contribution >= 0.6 is 0 Å². The molecule has 1 N–H and O–H groups in total. The van der Waals surface area contributed by atoms with Crippen LogP contribution in [0.3, 0.4) is 0 Å². The largest absolute Gasteiger partial charge is 0.338 e. The summed E-state index contributed by atoms with van der Waals surface area (Å²) in [6.45, 7) is 5.46. The highest BCUT2D eigenvalue weighted by Crippen LogP contribution is 2.53. The number of aromatic amines is 1. The van der Waals surface area contributed by atoms with Gasteiger partial charge in [-0.2, -0.15) is 0 Å². The number of nitrogens with one attached hydrogen (secondary N) is 1. The van der Waals surface area contributed by atoms with Crippen molar-refractivity contribution in [1.29, 1.82) is 0 Å². The van der Waals surface area contributed by atoms with Gasteiger partial charge in [-0.15, -0.1) is 0 Å². The van der Waals surface area contributed by atoms with Crippen LogP contribution in [0, 0.1) is 11.3 Å². The third-order valence-corrected chi connectivity index (χ3v) is 5.73. The van der Waals surface area contributed by atoms with Crippen molar-refractivity contribution in [2.24, 2.45) is 11.3 Å². The third kappa shape index (κ3) is 2.02. The van der Waals surface area contributed by atoms with E-state index >= 15 is 0 Å². The van der Waals surface area contributed by atoms with Crippen LogP contribution in [0.4, 0.5) is 0 Å². The molecule has 0 bridgehead atoms. The molecular weight excluding hydrogens is 262 g/mol. The molecule has 114 valence electrons. The molecule has 21 heavy (non-hydrogen) atoms. The van der Waals surface area contributed by atoms with Crippen LogP contribution in [0.25, 0.3) is 0 Å². The first-order chi connectivity index (χ1) is 10.1. The Hall–Kier alpha value is -1.32. The number of H-pyrrole nitrogens is 1. The number of amides is 1. The molecule has 2 saturated carbocycles. The Balaban J connectivity index is 1.53.